The van der Waals surface area contributed by atoms with Gasteiger partial charge in [0.15, 0.2) is 0 Å². The van der Waals surface area contributed by atoms with Gasteiger partial charge in [0, 0.05) is 61.6 Å². The fourth-order valence-corrected chi connectivity index (χ4v) is 13.5. The zero-order chi connectivity index (χ0) is 43.4. The number of rotatable bonds is 14. The van der Waals surface area contributed by atoms with Crippen LogP contribution in [0.2, 0.25) is 0 Å². The van der Waals surface area contributed by atoms with Crippen molar-refractivity contribution in [3.05, 3.63) is 12.7 Å². The SMILES string of the molecule is C=CC1CC1(NC(=O)C1CC2(CN1C(=O)C(NC(=O)C(NC(=O)CC1CCCCN1C(C)C)C1CCCCC1)C(C)(C)C)C(C)(C)C21CCC1)C(=O)NSN1CCC(F)C1. The Morgan fingerprint density at radius 1 is 0.900 bits per heavy atom. The number of amides is 5. The highest BCUT2D eigenvalue weighted by Gasteiger charge is 2.85. The maximum atomic E-state index is 15.3. The maximum absolute atomic E-state index is 15.3. The minimum Gasteiger partial charge on any atom is -0.344 e. The first kappa shape index (κ1) is 45.3. The number of hydrogen-bond donors (Lipinski definition) is 4. The topological polar surface area (TPSA) is 143 Å². The lowest BCUT2D eigenvalue weighted by Gasteiger charge is -2.39. The van der Waals surface area contributed by atoms with Crippen molar-refractivity contribution < 1.29 is 28.4 Å². The van der Waals surface area contributed by atoms with Gasteiger partial charge < -0.3 is 20.9 Å². The summed E-state index contributed by atoms with van der Waals surface area (Å²) < 4.78 is 18.5. The Labute approximate surface area is 362 Å². The van der Waals surface area contributed by atoms with E-state index in [0.717, 1.165) is 89.3 Å². The second kappa shape index (κ2) is 17.1. The predicted octanol–water partition coefficient (Wildman–Crippen LogP) is 5.82. The molecule has 8 atom stereocenters. The molecule has 3 heterocycles. The van der Waals surface area contributed by atoms with Crippen LogP contribution in [-0.2, 0) is 24.0 Å². The van der Waals surface area contributed by atoms with Crippen LogP contribution >= 0.6 is 12.1 Å². The summed E-state index contributed by atoms with van der Waals surface area (Å²) in [5.74, 6) is -1.85. The third-order valence-electron chi connectivity index (χ3n) is 16.7. The van der Waals surface area contributed by atoms with Crippen molar-refractivity contribution in [2.45, 2.75) is 187 Å². The van der Waals surface area contributed by atoms with E-state index in [1.165, 1.54) is 0 Å². The van der Waals surface area contributed by atoms with Crippen LogP contribution in [0.15, 0.2) is 12.7 Å². The minimum absolute atomic E-state index is 0.0345. The van der Waals surface area contributed by atoms with Gasteiger partial charge in [-0.15, -0.1) is 6.58 Å². The highest BCUT2D eigenvalue weighted by atomic mass is 32.2. The average Bonchev–Trinajstić information content (AvgIpc) is 3.75. The smallest absolute Gasteiger partial charge is 0.257 e. The van der Waals surface area contributed by atoms with E-state index in [2.05, 4.69) is 59.8 Å². The summed E-state index contributed by atoms with van der Waals surface area (Å²) in [5.41, 5.74) is -2.27. The van der Waals surface area contributed by atoms with Crippen LogP contribution in [0, 0.1) is 33.5 Å². The molecule has 3 saturated heterocycles. The first-order chi connectivity index (χ1) is 28.3. The van der Waals surface area contributed by atoms with E-state index in [1.807, 2.05) is 20.8 Å². The summed E-state index contributed by atoms with van der Waals surface area (Å²) in [6.45, 7) is 20.7. The van der Waals surface area contributed by atoms with Crippen LogP contribution in [0.3, 0.4) is 0 Å². The Balaban J connectivity index is 1.11. The van der Waals surface area contributed by atoms with Crippen molar-refractivity contribution >= 4 is 41.7 Å². The van der Waals surface area contributed by atoms with Gasteiger partial charge in [-0.3, -0.25) is 33.6 Å². The zero-order valence-electron chi connectivity index (χ0n) is 37.5. The molecule has 7 fully saturated rings. The minimum atomic E-state index is -1.22. The molecular formula is C46H74FN7O5S. The molecule has 0 aromatic heterocycles. The summed E-state index contributed by atoms with van der Waals surface area (Å²) in [6, 6.07) is -2.13. The van der Waals surface area contributed by atoms with Gasteiger partial charge in [-0.1, -0.05) is 72.8 Å². The quantitative estimate of drug-likeness (QED) is 0.127. The van der Waals surface area contributed by atoms with Gasteiger partial charge in [0.1, 0.15) is 29.8 Å². The molecule has 5 amide bonds. The molecule has 60 heavy (non-hydrogen) atoms. The molecule has 12 nitrogen and oxygen atoms in total. The van der Waals surface area contributed by atoms with Crippen molar-refractivity contribution in [1.29, 1.82) is 0 Å². The van der Waals surface area contributed by atoms with Crippen molar-refractivity contribution in [2.24, 2.45) is 33.5 Å². The summed E-state index contributed by atoms with van der Waals surface area (Å²) in [5, 5.41) is 9.50. The van der Waals surface area contributed by atoms with Crippen LogP contribution in [0.4, 0.5) is 4.39 Å². The van der Waals surface area contributed by atoms with Gasteiger partial charge in [-0.05, 0) is 100 Å². The van der Waals surface area contributed by atoms with E-state index in [4.69, 9.17) is 0 Å². The van der Waals surface area contributed by atoms with E-state index >= 15 is 4.79 Å². The third kappa shape index (κ3) is 8.16. The summed E-state index contributed by atoms with van der Waals surface area (Å²) in [4.78, 5) is 76.5. The highest BCUT2D eigenvalue weighted by molar-refractivity contribution is 7.95. The lowest BCUT2D eigenvalue weighted by Crippen LogP contribution is -2.62. The number of alkyl halides is 1. The summed E-state index contributed by atoms with van der Waals surface area (Å²) in [6.07, 6.45) is 13.5. The Kier molecular flexibility index (Phi) is 12.9. The highest BCUT2D eigenvalue weighted by Crippen LogP contribution is 2.88. The van der Waals surface area contributed by atoms with Crippen LogP contribution in [0.25, 0.3) is 0 Å². The van der Waals surface area contributed by atoms with Gasteiger partial charge in [0.05, 0.1) is 0 Å². The first-order valence-electron chi connectivity index (χ1n) is 23.3. The average molecular weight is 856 g/mol. The van der Waals surface area contributed by atoms with Gasteiger partial charge in [-0.2, -0.15) is 0 Å². The molecule has 4 N–H and O–H groups in total. The van der Waals surface area contributed by atoms with Gasteiger partial charge >= 0.3 is 0 Å². The fraction of sp³-hybridized carbons (Fsp3) is 0.848. The first-order valence-corrected chi connectivity index (χ1v) is 24.0. The lowest BCUT2D eigenvalue weighted by atomic mass is 9.73. The van der Waals surface area contributed by atoms with E-state index in [-0.39, 0.29) is 70.2 Å². The number of nitrogens with zero attached hydrogens (tertiary/aromatic N) is 3. The second-order valence-electron chi connectivity index (χ2n) is 21.6. The molecule has 14 heteroatoms. The number of nitrogens with one attached hydrogen (secondary N) is 4. The Morgan fingerprint density at radius 2 is 1.60 bits per heavy atom. The monoisotopic (exact) mass is 856 g/mol. The third-order valence-corrected chi connectivity index (χ3v) is 17.6. The normalized spacial score (nSPS) is 33.5. The molecule has 0 bridgehead atoms. The van der Waals surface area contributed by atoms with Crippen LogP contribution < -0.4 is 20.7 Å². The maximum Gasteiger partial charge on any atom is 0.257 e. The van der Waals surface area contributed by atoms with E-state index in [9.17, 15) is 23.6 Å². The van der Waals surface area contributed by atoms with Gasteiger partial charge in [-0.25, -0.2) is 8.70 Å². The molecule has 0 aromatic rings. The lowest BCUT2D eigenvalue weighted by molar-refractivity contribution is -0.145. The largest absolute Gasteiger partial charge is 0.344 e. The molecule has 336 valence electrons. The molecule has 4 saturated carbocycles. The van der Waals surface area contributed by atoms with Crippen molar-refractivity contribution in [2.75, 3.05) is 26.2 Å². The number of hydrogen-bond acceptors (Lipinski definition) is 8. The molecule has 7 aliphatic rings. The van der Waals surface area contributed by atoms with Crippen molar-refractivity contribution in [3.63, 3.8) is 0 Å². The van der Waals surface area contributed by atoms with Crippen LogP contribution in [0.5, 0.6) is 0 Å². The van der Waals surface area contributed by atoms with Crippen LogP contribution in [-0.4, -0.2) is 112 Å². The van der Waals surface area contributed by atoms with Gasteiger partial charge in [0.25, 0.3) is 5.91 Å². The van der Waals surface area contributed by atoms with E-state index in [0.29, 0.717) is 44.8 Å². The molecule has 7 rings (SSSR count). The molecule has 8 unspecified atom stereocenters. The second-order valence-corrected chi connectivity index (χ2v) is 22.5. The molecule has 4 aliphatic carbocycles. The number of fused-ring (bicyclic) bond motifs is 1. The van der Waals surface area contributed by atoms with Crippen molar-refractivity contribution in [3.8, 4) is 0 Å². The van der Waals surface area contributed by atoms with E-state index in [1.54, 1.807) is 15.3 Å². The number of halogens is 1. The number of carbonyl (C=O) groups excluding carboxylic acids is 5. The molecular weight excluding hydrogens is 782 g/mol. The molecule has 2 spiro atoms. The fourth-order valence-electron chi connectivity index (χ4n) is 12.6. The Bertz CT molecular complexity index is 1680. The Morgan fingerprint density at radius 3 is 2.17 bits per heavy atom. The Hall–Kier alpha value is -2.71. The zero-order valence-corrected chi connectivity index (χ0v) is 38.3. The molecule has 3 aliphatic heterocycles. The predicted molar refractivity (Wildman–Crippen MR) is 233 cm³/mol. The number of likely N-dealkylation sites (tertiary alicyclic amines) is 2. The van der Waals surface area contributed by atoms with Gasteiger partial charge in [0.2, 0.25) is 23.6 Å². The molecule has 0 radical (unpaired) electrons. The summed E-state index contributed by atoms with van der Waals surface area (Å²) in [7, 11) is 0. The number of carbonyl (C=O) groups is 5. The standard InChI is InChI=1S/C46H74FN7O5S/c1-9-31-25-46(31,41(59)51-60-52-23-19-32(47)27-52)50-38(56)34-26-45(43(7,8)44(45)20-15-21-44)28-54(34)40(58)37(42(4,5)6)49-39(57)36(30-16-11-10-12-17-30)48-35(55)24-33-18-13-14-22-53(33)29(2)3/h9,29-34,36-37H,1,10-28H2,2-8H3,(H,48,55)(H,49,57)(H,50,56)(H,51,59). The summed E-state index contributed by atoms with van der Waals surface area (Å²) >= 11 is 1.07. The van der Waals surface area contributed by atoms with Crippen LogP contribution in [0.1, 0.15) is 145 Å². The van der Waals surface area contributed by atoms with E-state index < -0.39 is 35.3 Å². The van der Waals surface area contributed by atoms with Crippen molar-refractivity contribution in [1.82, 2.24) is 34.8 Å². The number of piperidine rings is 1. The molecule has 0 aromatic carbocycles.